The van der Waals surface area contributed by atoms with E-state index in [9.17, 15) is 4.79 Å². The zero-order valence-corrected chi connectivity index (χ0v) is 11.0. The maximum atomic E-state index is 12.2. The Labute approximate surface area is 109 Å². The lowest BCUT2D eigenvalue weighted by Crippen LogP contribution is -2.40. The first-order valence-electron chi connectivity index (χ1n) is 6.77. The number of hydrogen-bond acceptors (Lipinski definition) is 2. The minimum absolute atomic E-state index is 0.125. The Hall–Kier alpha value is -1.35. The van der Waals surface area contributed by atoms with Crippen LogP contribution in [0.3, 0.4) is 0 Å². The van der Waals surface area contributed by atoms with Gasteiger partial charge in [-0.1, -0.05) is 25.5 Å². The lowest BCUT2D eigenvalue weighted by atomic mass is 10.1. The summed E-state index contributed by atoms with van der Waals surface area (Å²) in [6, 6.07) is 8.04. The topological polar surface area (TPSA) is 29.5 Å². The van der Waals surface area contributed by atoms with Gasteiger partial charge in [-0.15, -0.1) is 0 Å². The SMILES string of the molecule is CCCCc1ccc(C(=O)N2CCOCC2)cc1. The largest absolute Gasteiger partial charge is 0.378 e. The number of hydrogen-bond donors (Lipinski definition) is 0. The maximum Gasteiger partial charge on any atom is 0.254 e. The number of rotatable bonds is 4. The van der Waals surface area contributed by atoms with E-state index in [0.29, 0.717) is 26.3 Å². The van der Waals surface area contributed by atoms with Crippen LogP contribution in [0.25, 0.3) is 0 Å². The summed E-state index contributed by atoms with van der Waals surface area (Å²) >= 11 is 0. The van der Waals surface area contributed by atoms with Gasteiger partial charge in [0, 0.05) is 18.7 Å². The summed E-state index contributed by atoms with van der Waals surface area (Å²) in [4.78, 5) is 14.1. The molecule has 0 spiro atoms. The molecule has 18 heavy (non-hydrogen) atoms. The van der Waals surface area contributed by atoms with Crippen molar-refractivity contribution < 1.29 is 9.53 Å². The first kappa shape index (κ1) is 13.1. The number of benzene rings is 1. The fraction of sp³-hybridized carbons (Fsp3) is 0.533. The highest BCUT2D eigenvalue weighted by molar-refractivity contribution is 5.94. The van der Waals surface area contributed by atoms with Crippen LogP contribution in [0.15, 0.2) is 24.3 Å². The summed E-state index contributed by atoms with van der Waals surface area (Å²) in [6.45, 7) is 4.91. The zero-order valence-electron chi connectivity index (χ0n) is 11.0. The van der Waals surface area contributed by atoms with E-state index in [1.165, 1.54) is 18.4 Å². The molecule has 1 aliphatic rings. The van der Waals surface area contributed by atoms with Gasteiger partial charge in [-0.05, 0) is 30.5 Å². The van der Waals surface area contributed by atoms with Crippen molar-refractivity contribution in [2.75, 3.05) is 26.3 Å². The summed E-state index contributed by atoms with van der Waals surface area (Å²) in [5.74, 6) is 0.125. The zero-order chi connectivity index (χ0) is 12.8. The van der Waals surface area contributed by atoms with E-state index in [1.807, 2.05) is 17.0 Å². The van der Waals surface area contributed by atoms with Crippen LogP contribution < -0.4 is 0 Å². The quantitative estimate of drug-likeness (QED) is 0.818. The third kappa shape index (κ3) is 3.33. The molecule has 1 saturated heterocycles. The van der Waals surface area contributed by atoms with E-state index in [0.717, 1.165) is 12.0 Å². The fourth-order valence-corrected chi connectivity index (χ4v) is 2.14. The Bertz CT molecular complexity index is 380. The van der Waals surface area contributed by atoms with Gasteiger partial charge in [-0.2, -0.15) is 0 Å². The molecule has 1 aromatic carbocycles. The molecule has 0 radical (unpaired) electrons. The fourth-order valence-electron chi connectivity index (χ4n) is 2.14. The van der Waals surface area contributed by atoms with E-state index in [4.69, 9.17) is 4.74 Å². The summed E-state index contributed by atoms with van der Waals surface area (Å²) in [5.41, 5.74) is 2.10. The molecule has 1 aromatic rings. The Morgan fingerprint density at radius 2 is 1.89 bits per heavy atom. The van der Waals surface area contributed by atoms with Crippen LogP contribution >= 0.6 is 0 Å². The molecule has 98 valence electrons. The minimum atomic E-state index is 0.125. The maximum absolute atomic E-state index is 12.2. The van der Waals surface area contributed by atoms with Crippen molar-refractivity contribution in [2.24, 2.45) is 0 Å². The average molecular weight is 247 g/mol. The van der Waals surface area contributed by atoms with E-state index < -0.39 is 0 Å². The molecular formula is C15H21NO2. The van der Waals surface area contributed by atoms with E-state index in [1.54, 1.807) is 0 Å². The first-order valence-corrected chi connectivity index (χ1v) is 6.77. The van der Waals surface area contributed by atoms with Crippen LogP contribution in [0.5, 0.6) is 0 Å². The second kappa shape index (κ2) is 6.55. The smallest absolute Gasteiger partial charge is 0.254 e. The van der Waals surface area contributed by atoms with E-state index in [2.05, 4.69) is 19.1 Å². The van der Waals surface area contributed by atoms with E-state index >= 15 is 0 Å². The Morgan fingerprint density at radius 3 is 2.50 bits per heavy atom. The van der Waals surface area contributed by atoms with Crippen LogP contribution in [0.1, 0.15) is 35.7 Å². The summed E-state index contributed by atoms with van der Waals surface area (Å²) < 4.78 is 5.26. The molecule has 1 aliphatic heterocycles. The van der Waals surface area contributed by atoms with Crippen LogP contribution in [0.4, 0.5) is 0 Å². The molecule has 0 unspecified atom stereocenters. The predicted molar refractivity (Wildman–Crippen MR) is 71.8 cm³/mol. The van der Waals surface area contributed by atoms with Crippen molar-refractivity contribution in [3.05, 3.63) is 35.4 Å². The van der Waals surface area contributed by atoms with Crippen molar-refractivity contribution in [3.8, 4) is 0 Å². The first-order chi connectivity index (χ1) is 8.81. The molecule has 0 aromatic heterocycles. The third-order valence-corrected chi connectivity index (χ3v) is 3.32. The third-order valence-electron chi connectivity index (χ3n) is 3.32. The van der Waals surface area contributed by atoms with Crippen LogP contribution in [-0.4, -0.2) is 37.1 Å². The Morgan fingerprint density at radius 1 is 1.22 bits per heavy atom. The van der Waals surface area contributed by atoms with Gasteiger partial charge in [0.05, 0.1) is 13.2 Å². The van der Waals surface area contributed by atoms with Gasteiger partial charge in [-0.3, -0.25) is 4.79 Å². The highest BCUT2D eigenvalue weighted by Crippen LogP contribution is 2.11. The normalized spacial score (nSPS) is 15.7. The number of ether oxygens (including phenoxy) is 1. The second-order valence-electron chi connectivity index (χ2n) is 4.71. The van der Waals surface area contributed by atoms with E-state index in [-0.39, 0.29) is 5.91 Å². The van der Waals surface area contributed by atoms with Gasteiger partial charge in [0.25, 0.3) is 5.91 Å². The number of amides is 1. The highest BCUT2D eigenvalue weighted by atomic mass is 16.5. The molecule has 1 fully saturated rings. The van der Waals surface area contributed by atoms with Crippen LogP contribution in [0, 0.1) is 0 Å². The molecule has 0 atom stereocenters. The summed E-state index contributed by atoms with van der Waals surface area (Å²) in [6.07, 6.45) is 3.51. The number of aryl methyl sites for hydroxylation is 1. The average Bonchev–Trinajstić information content (AvgIpc) is 2.46. The van der Waals surface area contributed by atoms with Crippen LogP contribution in [-0.2, 0) is 11.2 Å². The summed E-state index contributed by atoms with van der Waals surface area (Å²) in [7, 11) is 0. The number of carbonyl (C=O) groups excluding carboxylic acids is 1. The van der Waals surface area contributed by atoms with Gasteiger partial charge in [-0.25, -0.2) is 0 Å². The molecular weight excluding hydrogens is 226 g/mol. The lowest BCUT2D eigenvalue weighted by molar-refractivity contribution is 0.0303. The van der Waals surface area contributed by atoms with Gasteiger partial charge in [0.1, 0.15) is 0 Å². The molecule has 0 saturated carbocycles. The predicted octanol–water partition coefficient (Wildman–Crippen LogP) is 2.50. The van der Waals surface area contributed by atoms with Crippen LogP contribution in [0.2, 0.25) is 0 Å². The molecule has 1 heterocycles. The van der Waals surface area contributed by atoms with Gasteiger partial charge in [0.2, 0.25) is 0 Å². The van der Waals surface area contributed by atoms with Crippen molar-refractivity contribution in [2.45, 2.75) is 26.2 Å². The number of carbonyl (C=O) groups is 1. The molecule has 0 bridgehead atoms. The van der Waals surface area contributed by atoms with Gasteiger partial charge < -0.3 is 9.64 Å². The highest BCUT2D eigenvalue weighted by Gasteiger charge is 2.17. The van der Waals surface area contributed by atoms with Crippen molar-refractivity contribution >= 4 is 5.91 Å². The molecule has 3 nitrogen and oxygen atoms in total. The van der Waals surface area contributed by atoms with Crippen molar-refractivity contribution in [3.63, 3.8) is 0 Å². The second-order valence-corrected chi connectivity index (χ2v) is 4.71. The van der Waals surface area contributed by atoms with Crippen molar-refractivity contribution in [1.29, 1.82) is 0 Å². The number of unbranched alkanes of at least 4 members (excludes halogenated alkanes) is 1. The van der Waals surface area contributed by atoms with Crippen molar-refractivity contribution in [1.82, 2.24) is 4.90 Å². The molecule has 0 aliphatic carbocycles. The monoisotopic (exact) mass is 247 g/mol. The molecule has 2 rings (SSSR count). The molecule has 0 N–H and O–H groups in total. The Balaban J connectivity index is 1.97. The molecule has 1 amide bonds. The Kier molecular flexibility index (Phi) is 4.76. The molecule has 3 heteroatoms. The van der Waals surface area contributed by atoms with Gasteiger partial charge >= 0.3 is 0 Å². The number of nitrogens with zero attached hydrogens (tertiary/aromatic N) is 1. The van der Waals surface area contributed by atoms with Gasteiger partial charge in [0.15, 0.2) is 0 Å². The number of morpholine rings is 1. The summed E-state index contributed by atoms with van der Waals surface area (Å²) in [5, 5.41) is 0. The lowest BCUT2D eigenvalue weighted by Gasteiger charge is -2.26. The standard InChI is InChI=1S/C15H21NO2/c1-2-3-4-13-5-7-14(8-6-13)15(17)16-9-11-18-12-10-16/h5-8H,2-4,9-12H2,1H3. The minimum Gasteiger partial charge on any atom is -0.378 e.